The number of benzene rings is 2. The molecule has 0 aromatic heterocycles. The first-order valence-electron chi connectivity index (χ1n) is 7.65. The molecule has 0 aliphatic heterocycles. The van der Waals surface area contributed by atoms with Crippen molar-refractivity contribution in [2.75, 3.05) is 0 Å². The second-order valence-corrected chi connectivity index (χ2v) is 5.37. The van der Waals surface area contributed by atoms with Crippen molar-refractivity contribution in [2.45, 2.75) is 26.2 Å². The van der Waals surface area contributed by atoms with Crippen LogP contribution in [0.2, 0.25) is 0 Å². The molecule has 0 saturated heterocycles. The number of aryl methyl sites for hydroxylation is 1. The molecule has 0 atom stereocenters. The van der Waals surface area contributed by atoms with Crippen molar-refractivity contribution in [3.05, 3.63) is 90.0 Å². The SMILES string of the molecule is C=CC/C(=C(/C)C(=O)CCc1ccccc1)c1ccccc1. The predicted molar refractivity (Wildman–Crippen MR) is 93.6 cm³/mol. The van der Waals surface area contributed by atoms with Crippen LogP contribution in [0.15, 0.2) is 78.9 Å². The van der Waals surface area contributed by atoms with Gasteiger partial charge in [-0.25, -0.2) is 0 Å². The molecule has 2 aromatic carbocycles. The Morgan fingerprint density at radius 2 is 1.59 bits per heavy atom. The Balaban J connectivity index is 2.15. The number of hydrogen-bond acceptors (Lipinski definition) is 1. The number of Topliss-reactive ketones (excluding diaryl/α,β-unsaturated/α-hetero) is 1. The van der Waals surface area contributed by atoms with Gasteiger partial charge in [-0.2, -0.15) is 0 Å². The van der Waals surface area contributed by atoms with Gasteiger partial charge in [-0.3, -0.25) is 4.79 Å². The average Bonchev–Trinajstić information content (AvgIpc) is 2.58. The number of allylic oxidation sites excluding steroid dienone is 3. The summed E-state index contributed by atoms with van der Waals surface area (Å²) in [6, 6.07) is 20.2. The summed E-state index contributed by atoms with van der Waals surface area (Å²) >= 11 is 0. The molecule has 0 bridgehead atoms. The number of carbonyl (C=O) groups is 1. The third-order valence-corrected chi connectivity index (χ3v) is 3.83. The van der Waals surface area contributed by atoms with E-state index in [0.717, 1.165) is 23.1 Å². The van der Waals surface area contributed by atoms with E-state index in [1.807, 2.05) is 61.5 Å². The van der Waals surface area contributed by atoms with Crippen molar-refractivity contribution in [1.29, 1.82) is 0 Å². The van der Waals surface area contributed by atoms with Crippen LogP contribution in [0.4, 0.5) is 0 Å². The molecule has 0 aliphatic rings. The fraction of sp³-hybridized carbons (Fsp3) is 0.190. The Kier molecular flexibility index (Phi) is 5.91. The molecule has 1 heteroatoms. The number of hydrogen-bond donors (Lipinski definition) is 0. The van der Waals surface area contributed by atoms with Crippen molar-refractivity contribution in [3.63, 3.8) is 0 Å². The zero-order chi connectivity index (χ0) is 15.8. The normalized spacial score (nSPS) is 11.7. The molecule has 0 N–H and O–H groups in total. The van der Waals surface area contributed by atoms with Crippen LogP contribution >= 0.6 is 0 Å². The monoisotopic (exact) mass is 290 g/mol. The topological polar surface area (TPSA) is 17.1 Å². The first-order valence-corrected chi connectivity index (χ1v) is 7.65. The van der Waals surface area contributed by atoms with Gasteiger partial charge in [-0.1, -0.05) is 66.7 Å². The minimum atomic E-state index is 0.213. The molecule has 22 heavy (non-hydrogen) atoms. The first-order chi connectivity index (χ1) is 10.7. The van der Waals surface area contributed by atoms with Crippen molar-refractivity contribution >= 4 is 11.4 Å². The van der Waals surface area contributed by atoms with Crippen LogP contribution < -0.4 is 0 Å². The summed E-state index contributed by atoms with van der Waals surface area (Å²) < 4.78 is 0. The molecule has 0 spiro atoms. The third kappa shape index (κ3) is 4.29. The largest absolute Gasteiger partial charge is 0.295 e. The summed E-state index contributed by atoms with van der Waals surface area (Å²) in [5, 5.41) is 0. The van der Waals surface area contributed by atoms with E-state index < -0.39 is 0 Å². The van der Waals surface area contributed by atoms with Crippen molar-refractivity contribution < 1.29 is 4.79 Å². The lowest BCUT2D eigenvalue weighted by Gasteiger charge is -2.11. The van der Waals surface area contributed by atoms with Gasteiger partial charge in [0.2, 0.25) is 0 Å². The number of ketones is 1. The molecule has 0 aliphatic carbocycles. The standard InChI is InChI=1S/C21H22O/c1-3-10-20(19-13-8-5-9-14-19)17(2)21(22)16-15-18-11-6-4-7-12-18/h3-9,11-14H,1,10,15-16H2,2H3/b20-17+. The lowest BCUT2D eigenvalue weighted by Crippen LogP contribution is -2.04. The van der Waals surface area contributed by atoms with E-state index in [9.17, 15) is 4.79 Å². The highest BCUT2D eigenvalue weighted by molar-refractivity contribution is 6.02. The fourth-order valence-electron chi connectivity index (χ4n) is 2.53. The lowest BCUT2D eigenvalue weighted by molar-refractivity contribution is -0.115. The molecule has 0 fully saturated rings. The highest BCUT2D eigenvalue weighted by Gasteiger charge is 2.11. The fourth-order valence-corrected chi connectivity index (χ4v) is 2.53. The van der Waals surface area contributed by atoms with Crippen LogP contribution in [0.25, 0.3) is 5.57 Å². The molecule has 1 nitrogen and oxygen atoms in total. The Hall–Kier alpha value is -2.41. The highest BCUT2D eigenvalue weighted by atomic mass is 16.1. The highest BCUT2D eigenvalue weighted by Crippen LogP contribution is 2.24. The average molecular weight is 290 g/mol. The smallest absolute Gasteiger partial charge is 0.159 e. The minimum Gasteiger partial charge on any atom is -0.295 e. The van der Waals surface area contributed by atoms with Gasteiger partial charge < -0.3 is 0 Å². The maximum absolute atomic E-state index is 12.5. The summed E-state index contributed by atoms with van der Waals surface area (Å²) in [5.41, 5.74) is 4.23. The van der Waals surface area contributed by atoms with Gasteiger partial charge in [0.15, 0.2) is 5.78 Å². The van der Waals surface area contributed by atoms with Gasteiger partial charge in [0.1, 0.15) is 0 Å². The van der Waals surface area contributed by atoms with E-state index >= 15 is 0 Å². The van der Waals surface area contributed by atoms with Gasteiger partial charge in [0, 0.05) is 6.42 Å². The third-order valence-electron chi connectivity index (χ3n) is 3.83. The van der Waals surface area contributed by atoms with Crippen molar-refractivity contribution in [1.82, 2.24) is 0 Å². The Labute approximate surface area is 133 Å². The van der Waals surface area contributed by atoms with E-state index in [2.05, 4.69) is 18.7 Å². The molecule has 112 valence electrons. The van der Waals surface area contributed by atoms with Crippen LogP contribution in [-0.4, -0.2) is 5.78 Å². The molecule has 0 unspecified atom stereocenters. The van der Waals surface area contributed by atoms with Crippen molar-refractivity contribution in [2.24, 2.45) is 0 Å². The van der Waals surface area contributed by atoms with Gasteiger partial charge in [-0.15, -0.1) is 6.58 Å². The summed E-state index contributed by atoms with van der Waals surface area (Å²) in [6.07, 6.45) is 3.90. The molecule has 0 amide bonds. The molecular formula is C21H22O. The van der Waals surface area contributed by atoms with Gasteiger partial charge >= 0.3 is 0 Å². The van der Waals surface area contributed by atoms with E-state index in [1.165, 1.54) is 5.56 Å². The van der Waals surface area contributed by atoms with Crippen LogP contribution in [0.5, 0.6) is 0 Å². The van der Waals surface area contributed by atoms with Gasteiger partial charge in [-0.05, 0) is 42.0 Å². The van der Waals surface area contributed by atoms with Crippen LogP contribution in [0, 0.1) is 0 Å². The van der Waals surface area contributed by atoms with Crippen LogP contribution in [0.1, 0.15) is 30.9 Å². The zero-order valence-corrected chi connectivity index (χ0v) is 13.1. The summed E-state index contributed by atoms with van der Waals surface area (Å²) in [4.78, 5) is 12.5. The molecule has 2 rings (SSSR count). The van der Waals surface area contributed by atoms with Gasteiger partial charge in [0.05, 0.1) is 0 Å². The van der Waals surface area contributed by atoms with Gasteiger partial charge in [0.25, 0.3) is 0 Å². The first kappa shape index (κ1) is 16.0. The number of rotatable bonds is 7. The molecule has 0 saturated carbocycles. The molecule has 2 aromatic rings. The maximum Gasteiger partial charge on any atom is 0.159 e. The van der Waals surface area contributed by atoms with E-state index in [4.69, 9.17) is 0 Å². The Morgan fingerprint density at radius 1 is 1.00 bits per heavy atom. The Bertz CT molecular complexity index is 651. The van der Waals surface area contributed by atoms with Crippen LogP contribution in [-0.2, 0) is 11.2 Å². The van der Waals surface area contributed by atoms with E-state index in [1.54, 1.807) is 0 Å². The quantitative estimate of drug-likeness (QED) is 0.503. The summed E-state index contributed by atoms with van der Waals surface area (Å²) in [7, 11) is 0. The summed E-state index contributed by atoms with van der Waals surface area (Å²) in [5.74, 6) is 0.213. The second-order valence-electron chi connectivity index (χ2n) is 5.37. The molecule has 0 heterocycles. The second kappa shape index (κ2) is 8.14. The minimum absolute atomic E-state index is 0.213. The molecular weight excluding hydrogens is 268 g/mol. The maximum atomic E-state index is 12.5. The molecule has 0 radical (unpaired) electrons. The zero-order valence-electron chi connectivity index (χ0n) is 13.1. The lowest BCUT2D eigenvalue weighted by atomic mass is 9.93. The van der Waals surface area contributed by atoms with E-state index in [-0.39, 0.29) is 5.78 Å². The Morgan fingerprint density at radius 3 is 2.18 bits per heavy atom. The summed E-state index contributed by atoms with van der Waals surface area (Å²) in [6.45, 7) is 5.75. The predicted octanol–water partition coefficient (Wildman–Crippen LogP) is 5.24. The number of carbonyl (C=O) groups excluding carboxylic acids is 1. The van der Waals surface area contributed by atoms with Crippen LogP contribution in [0.3, 0.4) is 0 Å². The van der Waals surface area contributed by atoms with Crippen molar-refractivity contribution in [3.8, 4) is 0 Å². The van der Waals surface area contributed by atoms with E-state index in [0.29, 0.717) is 12.8 Å².